The highest BCUT2D eigenvalue weighted by atomic mass is 32.2. The Labute approximate surface area is 115 Å². The highest BCUT2D eigenvalue weighted by Crippen LogP contribution is 2.25. The topological polar surface area (TPSA) is 9.23 Å². The molecule has 100 valence electrons. The second kappa shape index (κ2) is 5.98. The summed E-state index contributed by atoms with van der Waals surface area (Å²) in [4.78, 5) is 0. The van der Waals surface area contributed by atoms with Gasteiger partial charge in [0.05, 0.1) is 34.3 Å². The van der Waals surface area contributed by atoms with Crippen molar-refractivity contribution >= 4 is 11.8 Å². The third-order valence-corrected chi connectivity index (χ3v) is 4.92. The van der Waals surface area contributed by atoms with Gasteiger partial charge in [-0.05, 0) is 17.7 Å². The zero-order valence-electron chi connectivity index (χ0n) is 11.7. The first-order valence-electron chi connectivity index (χ1n) is 6.62. The minimum Gasteiger partial charge on any atom is -0.497 e. The first kappa shape index (κ1) is 13.8. The smallest absolute Gasteiger partial charge is 0.118 e. The van der Waals surface area contributed by atoms with Gasteiger partial charge in [0.2, 0.25) is 0 Å². The maximum absolute atomic E-state index is 5.17. The Balaban J connectivity index is 1.72. The fourth-order valence-corrected chi connectivity index (χ4v) is 3.77. The number of nitrogens with zero attached hydrogens (tertiary/aromatic N) is 1. The van der Waals surface area contributed by atoms with Crippen molar-refractivity contribution in [1.29, 1.82) is 0 Å². The lowest BCUT2D eigenvalue weighted by atomic mass is 10.2. The van der Waals surface area contributed by atoms with Crippen LogP contribution in [0, 0.1) is 5.92 Å². The van der Waals surface area contributed by atoms with Gasteiger partial charge in [-0.3, -0.25) is 0 Å². The van der Waals surface area contributed by atoms with E-state index in [1.807, 2.05) is 12.1 Å². The van der Waals surface area contributed by atoms with E-state index in [2.05, 4.69) is 38.0 Å². The largest absolute Gasteiger partial charge is 0.497 e. The van der Waals surface area contributed by atoms with Crippen molar-refractivity contribution in [2.24, 2.45) is 5.92 Å². The van der Waals surface area contributed by atoms with E-state index >= 15 is 0 Å². The van der Waals surface area contributed by atoms with E-state index in [1.165, 1.54) is 35.3 Å². The van der Waals surface area contributed by atoms with Crippen LogP contribution in [-0.2, 0) is 5.75 Å². The number of ether oxygens (including phenoxy) is 1. The zero-order chi connectivity index (χ0) is 13.0. The third kappa shape index (κ3) is 3.92. The van der Waals surface area contributed by atoms with Crippen LogP contribution in [0.3, 0.4) is 0 Å². The molecule has 1 aromatic rings. The fraction of sp³-hybridized carbons (Fsp3) is 0.600. The lowest BCUT2D eigenvalue weighted by Gasteiger charge is -2.23. The summed E-state index contributed by atoms with van der Waals surface area (Å²) < 4.78 is 6.37. The molecule has 3 heteroatoms. The maximum Gasteiger partial charge on any atom is 0.118 e. The minimum absolute atomic E-state index is 0.906. The Morgan fingerprint density at radius 2 is 2.00 bits per heavy atom. The van der Waals surface area contributed by atoms with Crippen LogP contribution in [0.5, 0.6) is 5.75 Å². The lowest BCUT2D eigenvalue weighted by Crippen LogP contribution is -2.36. The van der Waals surface area contributed by atoms with Gasteiger partial charge in [-0.1, -0.05) is 12.1 Å². The molecule has 1 aliphatic heterocycles. The Morgan fingerprint density at radius 1 is 1.28 bits per heavy atom. The second-order valence-electron chi connectivity index (χ2n) is 5.86. The summed E-state index contributed by atoms with van der Waals surface area (Å²) in [7, 11) is 6.39. The van der Waals surface area contributed by atoms with E-state index in [0.29, 0.717) is 0 Å². The quantitative estimate of drug-likeness (QED) is 0.758. The number of thioether (sulfide) groups is 1. The molecule has 1 unspecified atom stereocenters. The molecule has 0 spiro atoms. The highest BCUT2D eigenvalue weighted by Gasteiger charge is 2.30. The van der Waals surface area contributed by atoms with Gasteiger partial charge in [0.1, 0.15) is 5.75 Å². The van der Waals surface area contributed by atoms with E-state index in [9.17, 15) is 0 Å². The van der Waals surface area contributed by atoms with E-state index in [4.69, 9.17) is 4.74 Å². The van der Waals surface area contributed by atoms with Gasteiger partial charge < -0.3 is 9.22 Å². The Hall–Kier alpha value is -0.670. The van der Waals surface area contributed by atoms with Gasteiger partial charge in [-0.2, -0.15) is 11.8 Å². The van der Waals surface area contributed by atoms with Crippen LogP contribution in [0.2, 0.25) is 0 Å². The van der Waals surface area contributed by atoms with Crippen LogP contribution < -0.4 is 4.74 Å². The molecular weight excluding hydrogens is 242 g/mol. The van der Waals surface area contributed by atoms with Crippen molar-refractivity contribution in [3.05, 3.63) is 29.8 Å². The second-order valence-corrected chi connectivity index (χ2v) is 6.89. The van der Waals surface area contributed by atoms with E-state index in [-0.39, 0.29) is 0 Å². The molecule has 1 aliphatic rings. The summed E-state index contributed by atoms with van der Waals surface area (Å²) in [5, 5.41) is 0. The first-order chi connectivity index (χ1) is 8.59. The average Bonchev–Trinajstić information content (AvgIpc) is 2.70. The van der Waals surface area contributed by atoms with E-state index in [0.717, 1.165) is 17.4 Å². The van der Waals surface area contributed by atoms with Crippen LogP contribution >= 0.6 is 11.8 Å². The summed E-state index contributed by atoms with van der Waals surface area (Å²) in [6.45, 7) is 2.68. The molecule has 1 atom stereocenters. The Morgan fingerprint density at radius 3 is 2.56 bits per heavy atom. The van der Waals surface area contributed by atoms with Crippen molar-refractivity contribution in [2.45, 2.75) is 12.2 Å². The number of methoxy groups -OCH3 is 1. The van der Waals surface area contributed by atoms with Crippen molar-refractivity contribution in [3.8, 4) is 5.75 Å². The molecule has 0 aromatic heterocycles. The number of benzene rings is 1. The zero-order valence-corrected chi connectivity index (χ0v) is 12.5. The lowest BCUT2D eigenvalue weighted by molar-refractivity contribution is -0.879. The molecule has 18 heavy (non-hydrogen) atoms. The van der Waals surface area contributed by atoms with Crippen LogP contribution in [0.25, 0.3) is 0 Å². The summed E-state index contributed by atoms with van der Waals surface area (Å²) in [6, 6.07) is 8.43. The summed E-state index contributed by atoms with van der Waals surface area (Å²) in [6.07, 6.45) is 1.39. The number of quaternary nitrogens is 1. The highest BCUT2D eigenvalue weighted by molar-refractivity contribution is 7.98. The average molecular weight is 266 g/mol. The van der Waals surface area contributed by atoms with Crippen LogP contribution in [0.15, 0.2) is 24.3 Å². The van der Waals surface area contributed by atoms with Gasteiger partial charge in [0.15, 0.2) is 0 Å². The van der Waals surface area contributed by atoms with Crippen molar-refractivity contribution in [3.63, 3.8) is 0 Å². The number of hydrogen-bond donors (Lipinski definition) is 0. The Bertz CT molecular complexity index is 375. The standard InChI is InChI=1S/C15H24NOS/c1-16(2)9-8-14(10-16)12-18-11-13-4-6-15(17-3)7-5-13/h4-7,14H,8-12H2,1-3H3/q+1. The molecule has 1 heterocycles. The molecule has 1 saturated heterocycles. The molecule has 0 bridgehead atoms. The number of hydrogen-bond acceptors (Lipinski definition) is 2. The van der Waals surface area contributed by atoms with Gasteiger partial charge in [0.25, 0.3) is 0 Å². The summed E-state index contributed by atoms with van der Waals surface area (Å²) >= 11 is 2.07. The molecule has 2 rings (SSSR count). The summed E-state index contributed by atoms with van der Waals surface area (Å²) in [5.41, 5.74) is 1.40. The van der Waals surface area contributed by atoms with Gasteiger partial charge in [-0.15, -0.1) is 0 Å². The maximum atomic E-state index is 5.17. The SMILES string of the molecule is COc1ccc(CSCC2CC[N+](C)(C)C2)cc1. The minimum atomic E-state index is 0.906. The monoisotopic (exact) mass is 266 g/mol. The third-order valence-electron chi connectivity index (χ3n) is 3.68. The number of rotatable bonds is 5. The normalized spacial score (nSPS) is 22.1. The molecule has 0 N–H and O–H groups in total. The van der Waals surface area contributed by atoms with E-state index in [1.54, 1.807) is 7.11 Å². The van der Waals surface area contributed by atoms with Crippen LogP contribution in [0.4, 0.5) is 0 Å². The predicted octanol–water partition coefficient (Wildman–Crippen LogP) is 3.02. The molecule has 0 saturated carbocycles. The van der Waals surface area contributed by atoms with Crippen molar-refractivity contribution in [1.82, 2.24) is 0 Å². The van der Waals surface area contributed by atoms with Crippen LogP contribution in [-0.4, -0.2) is 44.5 Å². The Kier molecular flexibility index (Phi) is 4.57. The molecule has 0 radical (unpaired) electrons. The fourth-order valence-electron chi connectivity index (χ4n) is 2.61. The predicted molar refractivity (Wildman–Crippen MR) is 79.1 cm³/mol. The van der Waals surface area contributed by atoms with E-state index < -0.39 is 0 Å². The molecule has 0 amide bonds. The van der Waals surface area contributed by atoms with Crippen molar-refractivity contribution in [2.75, 3.05) is 40.0 Å². The van der Waals surface area contributed by atoms with Gasteiger partial charge in [-0.25, -0.2) is 0 Å². The molecule has 1 aromatic carbocycles. The molecular formula is C15H24NOS+. The van der Waals surface area contributed by atoms with Gasteiger partial charge in [0, 0.05) is 23.8 Å². The summed E-state index contributed by atoms with van der Waals surface area (Å²) in [5.74, 6) is 4.27. The first-order valence-corrected chi connectivity index (χ1v) is 7.77. The van der Waals surface area contributed by atoms with Gasteiger partial charge >= 0.3 is 0 Å². The molecule has 2 nitrogen and oxygen atoms in total. The number of likely N-dealkylation sites (tertiary alicyclic amines) is 1. The van der Waals surface area contributed by atoms with Crippen LogP contribution in [0.1, 0.15) is 12.0 Å². The van der Waals surface area contributed by atoms with Crippen molar-refractivity contribution < 1.29 is 9.22 Å². The molecule has 0 aliphatic carbocycles. The molecule has 1 fully saturated rings.